The van der Waals surface area contributed by atoms with Crippen LogP contribution in [0.3, 0.4) is 0 Å². The summed E-state index contributed by atoms with van der Waals surface area (Å²) >= 11 is 0. The van der Waals surface area contributed by atoms with Gasteiger partial charge in [-0.25, -0.2) is 4.18 Å². The first-order valence-electron chi connectivity index (χ1n) is 23.2. The van der Waals surface area contributed by atoms with E-state index in [1.807, 2.05) is 6.08 Å². The van der Waals surface area contributed by atoms with Gasteiger partial charge in [-0.1, -0.05) is 193 Å². The maximum absolute atomic E-state index is 13.1. The second kappa shape index (κ2) is 35.4. The lowest BCUT2D eigenvalue weighted by Gasteiger charge is -2.41. The molecule has 0 radical (unpaired) electrons. The number of unbranched alkanes of at least 4 members (excludes halogenated alkanes) is 26. The molecule has 0 aromatic heterocycles. The molecule has 1 rings (SSSR count). The van der Waals surface area contributed by atoms with Crippen molar-refractivity contribution in [3.05, 3.63) is 12.2 Å². The maximum Gasteiger partial charge on any atom is 0.397 e. The average molecular weight is 852 g/mol. The number of amides is 1. The van der Waals surface area contributed by atoms with Crippen LogP contribution in [-0.4, -0.2) is 107 Å². The van der Waals surface area contributed by atoms with E-state index < -0.39 is 78.5 Å². The van der Waals surface area contributed by atoms with Crippen molar-refractivity contribution < 1.29 is 57.0 Å². The molecule has 344 valence electrons. The maximum atomic E-state index is 13.1. The van der Waals surface area contributed by atoms with Crippen molar-refractivity contribution in [2.45, 2.75) is 249 Å². The number of rotatable bonds is 39. The summed E-state index contributed by atoms with van der Waals surface area (Å²) in [4.78, 5) is 13.1. The number of carbonyl (C=O) groups excluding carboxylic acids is 1. The van der Waals surface area contributed by atoms with Gasteiger partial charge in [0.1, 0.15) is 30.5 Å². The molecule has 0 aromatic rings. The third-order valence-corrected chi connectivity index (χ3v) is 11.6. The van der Waals surface area contributed by atoms with Crippen LogP contribution in [0.15, 0.2) is 12.2 Å². The molecule has 0 aliphatic carbocycles. The molecule has 0 bridgehead atoms. The van der Waals surface area contributed by atoms with Crippen molar-refractivity contribution in [2.24, 2.45) is 0 Å². The summed E-state index contributed by atoms with van der Waals surface area (Å²) in [6, 6.07) is -1.11. The van der Waals surface area contributed by atoms with Gasteiger partial charge in [0.15, 0.2) is 6.29 Å². The van der Waals surface area contributed by atoms with Gasteiger partial charge in [0.25, 0.3) is 0 Å². The third-order valence-electron chi connectivity index (χ3n) is 11.2. The van der Waals surface area contributed by atoms with Gasteiger partial charge in [-0.05, 0) is 19.3 Å². The number of aliphatic hydroxyl groups excluding tert-OH is 5. The van der Waals surface area contributed by atoms with Crippen molar-refractivity contribution in [2.75, 3.05) is 13.2 Å². The van der Waals surface area contributed by atoms with E-state index in [0.717, 1.165) is 38.5 Å². The Morgan fingerprint density at radius 1 is 0.690 bits per heavy atom. The second-order valence-corrected chi connectivity index (χ2v) is 17.5. The van der Waals surface area contributed by atoms with Gasteiger partial charge in [-0.2, -0.15) is 8.42 Å². The van der Waals surface area contributed by atoms with Crippen LogP contribution in [0.25, 0.3) is 0 Å². The third kappa shape index (κ3) is 27.6. The van der Waals surface area contributed by atoms with Crippen LogP contribution in [0.5, 0.6) is 0 Å². The minimum absolute atomic E-state index is 0.247. The highest BCUT2D eigenvalue weighted by molar-refractivity contribution is 7.80. The zero-order valence-corrected chi connectivity index (χ0v) is 37.1. The van der Waals surface area contributed by atoms with Gasteiger partial charge in [0, 0.05) is 0 Å². The predicted molar refractivity (Wildman–Crippen MR) is 228 cm³/mol. The zero-order chi connectivity index (χ0) is 42.9. The molecule has 0 aromatic carbocycles. The lowest BCUT2D eigenvalue weighted by atomic mass is 9.99. The van der Waals surface area contributed by atoms with Gasteiger partial charge in [-0.3, -0.25) is 9.35 Å². The number of hydrogen-bond donors (Lipinski definition) is 7. The Bertz CT molecular complexity index is 1110. The molecule has 1 heterocycles. The first-order valence-corrected chi connectivity index (χ1v) is 24.5. The van der Waals surface area contributed by atoms with Crippen LogP contribution in [-0.2, 0) is 28.9 Å². The lowest BCUT2D eigenvalue weighted by molar-refractivity contribution is -0.298. The molecule has 1 fully saturated rings. The van der Waals surface area contributed by atoms with E-state index in [1.165, 1.54) is 128 Å². The van der Waals surface area contributed by atoms with E-state index in [9.17, 15) is 43.3 Å². The van der Waals surface area contributed by atoms with Crippen LogP contribution < -0.4 is 5.32 Å². The van der Waals surface area contributed by atoms with Gasteiger partial charge in [0.05, 0.1) is 25.4 Å². The highest BCUT2D eigenvalue weighted by Crippen LogP contribution is 2.26. The topological polar surface area (TPSA) is 212 Å². The molecule has 14 heteroatoms. The summed E-state index contributed by atoms with van der Waals surface area (Å²) in [5.74, 6) is -0.702. The van der Waals surface area contributed by atoms with Crippen LogP contribution in [0.2, 0.25) is 0 Å². The Morgan fingerprint density at radius 2 is 1.12 bits per heavy atom. The number of aliphatic hydroxyl groups is 5. The van der Waals surface area contributed by atoms with Crippen molar-refractivity contribution >= 4 is 16.3 Å². The largest absolute Gasteiger partial charge is 0.397 e. The fraction of sp³-hybridized carbons (Fsp3) is 0.932. The molecule has 1 saturated heterocycles. The molecular formula is C44H85NO12S. The molecule has 0 spiro atoms. The summed E-state index contributed by atoms with van der Waals surface area (Å²) in [5.41, 5.74) is 0. The summed E-state index contributed by atoms with van der Waals surface area (Å²) in [6.07, 6.45) is 25.8. The van der Waals surface area contributed by atoms with Gasteiger partial charge in [0.2, 0.25) is 5.91 Å². The SMILES string of the molecule is CCCCCCCCCCCCCCCCCC/C=C/C(O)C(COC1OC(CO)C(O)C(OS(=O)(=O)O)C1O)NC(=O)C(O)CCCCCCCCCCCCC. The molecule has 58 heavy (non-hydrogen) atoms. The number of hydrogen-bond acceptors (Lipinski definition) is 11. The summed E-state index contributed by atoms with van der Waals surface area (Å²) < 4.78 is 47.5. The van der Waals surface area contributed by atoms with E-state index >= 15 is 0 Å². The quantitative estimate of drug-likeness (QED) is 0.0180. The summed E-state index contributed by atoms with van der Waals surface area (Å²) in [7, 11) is -5.11. The van der Waals surface area contributed by atoms with E-state index in [-0.39, 0.29) is 6.42 Å². The number of nitrogens with one attached hydrogen (secondary N) is 1. The molecule has 1 amide bonds. The highest BCUT2D eigenvalue weighted by Gasteiger charge is 2.48. The molecule has 13 nitrogen and oxygen atoms in total. The van der Waals surface area contributed by atoms with Crippen LogP contribution in [0, 0.1) is 0 Å². The minimum Gasteiger partial charge on any atom is -0.394 e. The first kappa shape index (κ1) is 54.8. The molecular weight excluding hydrogens is 767 g/mol. The number of allylic oxidation sites excluding steroid dienone is 1. The van der Waals surface area contributed by atoms with Crippen LogP contribution in [0.4, 0.5) is 0 Å². The molecule has 7 N–H and O–H groups in total. The summed E-state index contributed by atoms with van der Waals surface area (Å²) in [5, 5.41) is 55.1. The predicted octanol–water partition coefficient (Wildman–Crippen LogP) is 7.75. The van der Waals surface area contributed by atoms with E-state index in [2.05, 4.69) is 23.3 Å². The summed E-state index contributed by atoms with van der Waals surface area (Å²) in [6.45, 7) is 3.21. The van der Waals surface area contributed by atoms with Gasteiger partial charge < -0.3 is 40.3 Å². The van der Waals surface area contributed by atoms with E-state index in [0.29, 0.717) is 12.8 Å². The zero-order valence-electron chi connectivity index (χ0n) is 36.2. The number of ether oxygens (including phenoxy) is 2. The van der Waals surface area contributed by atoms with E-state index in [4.69, 9.17) is 9.47 Å². The normalized spacial score (nSPS) is 21.7. The molecule has 0 saturated carbocycles. The monoisotopic (exact) mass is 852 g/mol. The average Bonchev–Trinajstić information content (AvgIpc) is 3.19. The Balaban J connectivity index is 2.58. The van der Waals surface area contributed by atoms with Gasteiger partial charge in [-0.15, -0.1) is 0 Å². The molecule has 1 aliphatic rings. The van der Waals surface area contributed by atoms with Crippen LogP contribution >= 0.6 is 0 Å². The molecule has 8 unspecified atom stereocenters. The van der Waals surface area contributed by atoms with Crippen molar-refractivity contribution in [3.8, 4) is 0 Å². The lowest BCUT2D eigenvalue weighted by Crippen LogP contribution is -2.61. The van der Waals surface area contributed by atoms with E-state index in [1.54, 1.807) is 6.08 Å². The smallest absolute Gasteiger partial charge is 0.394 e. The fourth-order valence-electron chi connectivity index (χ4n) is 7.46. The van der Waals surface area contributed by atoms with Crippen molar-refractivity contribution in [1.82, 2.24) is 5.32 Å². The highest BCUT2D eigenvalue weighted by atomic mass is 32.3. The Morgan fingerprint density at radius 3 is 1.55 bits per heavy atom. The Hall–Kier alpha value is -1.20. The number of carbonyl (C=O) groups is 1. The van der Waals surface area contributed by atoms with Crippen molar-refractivity contribution in [3.63, 3.8) is 0 Å². The molecule has 8 atom stereocenters. The Kier molecular flexibility index (Phi) is 33.5. The minimum atomic E-state index is -5.11. The fourth-order valence-corrected chi connectivity index (χ4v) is 7.97. The first-order chi connectivity index (χ1) is 27.9. The van der Waals surface area contributed by atoms with Crippen molar-refractivity contribution in [1.29, 1.82) is 0 Å². The Labute approximate surface area is 352 Å². The van der Waals surface area contributed by atoms with Crippen LogP contribution in [0.1, 0.15) is 200 Å². The standard InChI is InChI=1S/C44H85NO12S/c1-3-5-7-9-11-13-15-16-17-18-19-20-21-23-24-26-28-30-32-37(47)36(35-55-44-41(50)42(57-58(52,53)54)40(49)39(34-46)56-44)45-43(51)38(48)33-31-29-27-25-22-14-12-10-8-6-4-2/h30,32,36-42,44,46-50H,3-29,31,33-35H2,1-2H3,(H,45,51)(H,52,53,54)/b32-30+. The second-order valence-electron chi connectivity index (χ2n) is 16.5. The molecule has 1 aliphatic heterocycles. The van der Waals surface area contributed by atoms with Gasteiger partial charge >= 0.3 is 10.4 Å².